The molecule has 0 aliphatic rings. The van der Waals surface area contributed by atoms with Gasteiger partial charge in [0, 0.05) is 6.54 Å². The summed E-state index contributed by atoms with van der Waals surface area (Å²) in [7, 11) is -3.55. The van der Waals surface area contributed by atoms with Crippen LogP contribution >= 0.6 is 0 Å². The molecule has 0 amide bonds. The predicted octanol–water partition coefficient (Wildman–Crippen LogP) is 2.47. The molecule has 114 valence electrons. The van der Waals surface area contributed by atoms with Crippen molar-refractivity contribution in [2.45, 2.75) is 57.0 Å². The number of benzene rings is 1. The predicted molar refractivity (Wildman–Crippen MR) is 81.2 cm³/mol. The fourth-order valence-electron chi connectivity index (χ4n) is 2.08. The van der Waals surface area contributed by atoms with Gasteiger partial charge in [-0.15, -0.1) is 0 Å². The Kier molecular flexibility index (Phi) is 6.17. The number of hydrogen-bond donors (Lipinski definition) is 2. The Hall–Kier alpha value is -0.910. The van der Waals surface area contributed by atoms with E-state index in [1.165, 1.54) is 0 Å². The van der Waals surface area contributed by atoms with Crippen LogP contribution in [0.2, 0.25) is 0 Å². The van der Waals surface area contributed by atoms with Gasteiger partial charge in [0.2, 0.25) is 10.0 Å². The molecule has 1 aromatic carbocycles. The fraction of sp³-hybridized carbons (Fsp3) is 0.600. The van der Waals surface area contributed by atoms with E-state index in [4.69, 9.17) is 0 Å². The molecule has 4 nitrogen and oxygen atoms in total. The van der Waals surface area contributed by atoms with Crippen LogP contribution in [0.5, 0.6) is 0 Å². The summed E-state index contributed by atoms with van der Waals surface area (Å²) in [6, 6.07) is 6.90. The van der Waals surface area contributed by atoms with Gasteiger partial charge in [0.15, 0.2) is 0 Å². The SMILES string of the molecule is CCCc1ccc(S(=O)(=O)NCC(C)(O)CCC)cc1. The van der Waals surface area contributed by atoms with Crippen LogP contribution in [0.15, 0.2) is 29.2 Å². The summed E-state index contributed by atoms with van der Waals surface area (Å²) in [6.07, 6.45) is 3.34. The monoisotopic (exact) mass is 299 g/mol. The first-order chi connectivity index (χ1) is 9.30. The van der Waals surface area contributed by atoms with Crippen LogP contribution in [-0.4, -0.2) is 25.7 Å². The lowest BCUT2D eigenvalue weighted by Gasteiger charge is -2.22. The quantitative estimate of drug-likeness (QED) is 0.775. The largest absolute Gasteiger partial charge is 0.389 e. The second-order valence-corrected chi connectivity index (χ2v) is 7.23. The third-order valence-corrected chi connectivity index (χ3v) is 4.62. The topological polar surface area (TPSA) is 66.4 Å². The number of hydrogen-bond acceptors (Lipinski definition) is 3. The van der Waals surface area contributed by atoms with Crippen LogP contribution < -0.4 is 4.72 Å². The summed E-state index contributed by atoms with van der Waals surface area (Å²) in [5, 5.41) is 10.0. The van der Waals surface area contributed by atoms with Gasteiger partial charge < -0.3 is 5.11 Å². The third kappa shape index (κ3) is 5.23. The highest BCUT2D eigenvalue weighted by atomic mass is 32.2. The average molecular weight is 299 g/mol. The minimum atomic E-state index is -3.55. The van der Waals surface area contributed by atoms with Crippen molar-refractivity contribution in [3.63, 3.8) is 0 Å². The highest BCUT2D eigenvalue weighted by Crippen LogP contribution is 2.14. The maximum Gasteiger partial charge on any atom is 0.240 e. The maximum absolute atomic E-state index is 12.1. The zero-order valence-corrected chi connectivity index (χ0v) is 13.3. The van der Waals surface area contributed by atoms with Crippen molar-refractivity contribution >= 4 is 10.0 Å². The summed E-state index contributed by atoms with van der Waals surface area (Å²) in [6.45, 7) is 5.71. The highest BCUT2D eigenvalue weighted by molar-refractivity contribution is 7.89. The summed E-state index contributed by atoms with van der Waals surface area (Å²) in [5.74, 6) is 0. The van der Waals surface area contributed by atoms with Crippen molar-refractivity contribution < 1.29 is 13.5 Å². The van der Waals surface area contributed by atoms with Crippen LogP contribution in [0, 0.1) is 0 Å². The maximum atomic E-state index is 12.1. The number of sulfonamides is 1. The van der Waals surface area contributed by atoms with Gasteiger partial charge in [0.25, 0.3) is 0 Å². The number of aliphatic hydroxyl groups is 1. The molecule has 1 aromatic rings. The molecule has 0 spiro atoms. The third-order valence-electron chi connectivity index (χ3n) is 3.20. The van der Waals surface area contributed by atoms with Crippen molar-refractivity contribution in [3.05, 3.63) is 29.8 Å². The van der Waals surface area contributed by atoms with Crippen molar-refractivity contribution in [1.82, 2.24) is 4.72 Å². The van der Waals surface area contributed by atoms with Gasteiger partial charge in [-0.1, -0.05) is 38.8 Å². The van der Waals surface area contributed by atoms with Crippen molar-refractivity contribution in [1.29, 1.82) is 0 Å². The molecule has 0 saturated heterocycles. The van der Waals surface area contributed by atoms with Crippen LogP contribution in [0.25, 0.3) is 0 Å². The Balaban J connectivity index is 2.73. The second-order valence-electron chi connectivity index (χ2n) is 5.47. The zero-order valence-electron chi connectivity index (χ0n) is 12.5. The number of aryl methyl sites for hydroxylation is 1. The molecular weight excluding hydrogens is 274 g/mol. The van der Waals surface area contributed by atoms with E-state index in [9.17, 15) is 13.5 Å². The molecule has 0 aromatic heterocycles. The molecule has 0 fully saturated rings. The number of rotatable bonds is 8. The summed E-state index contributed by atoms with van der Waals surface area (Å²) >= 11 is 0. The lowest BCUT2D eigenvalue weighted by Crippen LogP contribution is -2.40. The van der Waals surface area contributed by atoms with Gasteiger partial charge in [-0.3, -0.25) is 0 Å². The van der Waals surface area contributed by atoms with Gasteiger partial charge in [0.1, 0.15) is 0 Å². The molecule has 0 aliphatic carbocycles. The van der Waals surface area contributed by atoms with Gasteiger partial charge in [0.05, 0.1) is 10.5 Å². The van der Waals surface area contributed by atoms with E-state index in [0.29, 0.717) is 6.42 Å². The van der Waals surface area contributed by atoms with Crippen LogP contribution in [-0.2, 0) is 16.4 Å². The molecule has 0 bridgehead atoms. The van der Waals surface area contributed by atoms with Crippen LogP contribution in [0.3, 0.4) is 0 Å². The molecule has 0 aliphatic heterocycles. The van der Waals surface area contributed by atoms with E-state index in [2.05, 4.69) is 11.6 Å². The Labute approximate surface area is 122 Å². The lowest BCUT2D eigenvalue weighted by molar-refractivity contribution is 0.0554. The average Bonchev–Trinajstić information content (AvgIpc) is 2.38. The molecule has 0 heterocycles. The molecule has 1 rings (SSSR count). The Morgan fingerprint density at radius 2 is 1.75 bits per heavy atom. The number of nitrogens with one attached hydrogen (secondary N) is 1. The normalized spacial score (nSPS) is 15.0. The van der Waals surface area contributed by atoms with Gasteiger partial charge >= 0.3 is 0 Å². The molecule has 20 heavy (non-hydrogen) atoms. The zero-order chi connectivity index (χ0) is 15.2. The van der Waals surface area contributed by atoms with E-state index in [1.807, 2.05) is 19.1 Å². The molecule has 0 radical (unpaired) electrons. The van der Waals surface area contributed by atoms with Gasteiger partial charge in [-0.05, 0) is 37.5 Å². The second kappa shape index (κ2) is 7.20. The van der Waals surface area contributed by atoms with Gasteiger partial charge in [-0.2, -0.15) is 0 Å². The fourth-order valence-corrected chi connectivity index (χ4v) is 3.25. The van der Waals surface area contributed by atoms with E-state index < -0.39 is 15.6 Å². The lowest BCUT2D eigenvalue weighted by atomic mass is 10.0. The molecule has 5 heteroatoms. The van der Waals surface area contributed by atoms with E-state index in [-0.39, 0.29) is 11.4 Å². The van der Waals surface area contributed by atoms with Crippen molar-refractivity contribution in [2.24, 2.45) is 0 Å². The first-order valence-electron chi connectivity index (χ1n) is 7.11. The first kappa shape index (κ1) is 17.1. The molecule has 2 N–H and O–H groups in total. The van der Waals surface area contributed by atoms with E-state index in [0.717, 1.165) is 24.8 Å². The van der Waals surface area contributed by atoms with Crippen LogP contribution in [0.4, 0.5) is 0 Å². The molecule has 1 unspecified atom stereocenters. The summed E-state index contributed by atoms with van der Waals surface area (Å²) < 4.78 is 26.7. The van der Waals surface area contributed by atoms with E-state index >= 15 is 0 Å². The molecule has 0 saturated carbocycles. The first-order valence-corrected chi connectivity index (χ1v) is 8.60. The minimum Gasteiger partial charge on any atom is -0.389 e. The van der Waals surface area contributed by atoms with Crippen LogP contribution in [0.1, 0.15) is 45.6 Å². The standard InChI is InChI=1S/C15H25NO3S/c1-4-6-13-7-9-14(10-8-13)20(18,19)16-12-15(3,17)11-5-2/h7-10,16-17H,4-6,11-12H2,1-3H3. The Morgan fingerprint density at radius 3 is 2.25 bits per heavy atom. The van der Waals surface area contributed by atoms with Crippen molar-refractivity contribution in [3.8, 4) is 0 Å². The smallest absolute Gasteiger partial charge is 0.240 e. The Morgan fingerprint density at radius 1 is 1.15 bits per heavy atom. The molecule has 1 atom stereocenters. The van der Waals surface area contributed by atoms with Gasteiger partial charge in [-0.25, -0.2) is 13.1 Å². The molecular formula is C15H25NO3S. The summed E-state index contributed by atoms with van der Waals surface area (Å²) in [5.41, 5.74) is 0.119. The minimum absolute atomic E-state index is 0.0277. The van der Waals surface area contributed by atoms with E-state index in [1.54, 1.807) is 19.1 Å². The Bertz CT molecular complexity index is 506. The van der Waals surface area contributed by atoms with Crippen molar-refractivity contribution in [2.75, 3.05) is 6.54 Å². The highest BCUT2D eigenvalue weighted by Gasteiger charge is 2.23. The summed E-state index contributed by atoms with van der Waals surface area (Å²) in [4.78, 5) is 0.240.